The predicted octanol–water partition coefficient (Wildman–Crippen LogP) is 1.33. The lowest BCUT2D eigenvalue weighted by atomic mass is 10.1. The van der Waals surface area contributed by atoms with Gasteiger partial charge in [0.1, 0.15) is 0 Å². The van der Waals surface area contributed by atoms with Crippen LogP contribution in [0.3, 0.4) is 0 Å². The summed E-state index contributed by atoms with van der Waals surface area (Å²) in [7, 11) is 2.15. The van der Waals surface area contributed by atoms with Crippen molar-refractivity contribution in [2.24, 2.45) is 0 Å². The molecule has 1 aliphatic heterocycles. The summed E-state index contributed by atoms with van der Waals surface area (Å²) in [5.41, 5.74) is 0. The first-order valence-corrected chi connectivity index (χ1v) is 10.5. The lowest BCUT2D eigenvalue weighted by molar-refractivity contribution is -0.119. The number of nitrogens with one attached hydrogen (secondary N) is 1. The number of likely N-dealkylation sites (tertiary alicyclic amines) is 1. The van der Waals surface area contributed by atoms with Crippen molar-refractivity contribution in [2.45, 2.75) is 39.7 Å². The van der Waals surface area contributed by atoms with Gasteiger partial charge in [-0.05, 0) is 19.9 Å². The number of nitrogens with zero attached hydrogens (tertiary/aromatic N) is 1. The van der Waals surface area contributed by atoms with Crippen LogP contribution in [-0.4, -0.2) is 103 Å². The Balaban J connectivity index is 0.00000352. The molecule has 168 valence electrons. The Morgan fingerprint density at radius 3 is 1.71 bits per heavy atom. The van der Waals surface area contributed by atoms with Gasteiger partial charge in [-0.2, -0.15) is 0 Å². The molecule has 0 bridgehead atoms. The van der Waals surface area contributed by atoms with Crippen LogP contribution in [0, 0.1) is 0 Å². The summed E-state index contributed by atoms with van der Waals surface area (Å²) in [6.07, 6.45) is 2.61. The normalized spacial score (nSPS) is 15.1. The van der Waals surface area contributed by atoms with Crippen molar-refractivity contribution in [3.63, 3.8) is 0 Å². The van der Waals surface area contributed by atoms with Crippen LogP contribution < -0.4 is 5.32 Å². The van der Waals surface area contributed by atoms with Crippen molar-refractivity contribution in [2.75, 3.05) is 86.1 Å². The fraction of sp³-hybridized carbons (Fsp3) is 0.950. The van der Waals surface area contributed by atoms with Crippen LogP contribution in [0.25, 0.3) is 0 Å². The number of piperidine rings is 1. The first-order chi connectivity index (χ1) is 13.7. The van der Waals surface area contributed by atoms with E-state index in [1.54, 1.807) is 0 Å². The Morgan fingerprint density at radius 1 is 0.821 bits per heavy atom. The standard InChI is InChI=1S/C18H36N2O6.C2H6/c1-17(21)19-5-8-22-9-10-23-11-12-24-13-14-25-15-16-26-18-3-6-20(2)7-4-18;1-2/h18H,3-16H2,1-2H3,(H,19,21);1-2H3. The van der Waals surface area contributed by atoms with Crippen LogP contribution in [0.15, 0.2) is 0 Å². The molecule has 0 aliphatic carbocycles. The summed E-state index contributed by atoms with van der Waals surface area (Å²) in [6, 6.07) is 0. The predicted molar refractivity (Wildman–Crippen MR) is 110 cm³/mol. The van der Waals surface area contributed by atoms with Gasteiger partial charge < -0.3 is 33.9 Å². The van der Waals surface area contributed by atoms with Gasteiger partial charge in [-0.1, -0.05) is 13.8 Å². The van der Waals surface area contributed by atoms with E-state index >= 15 is 0 Å². The van der Waals surface area contributed by atoms with Crippen molar-refractivity contribution >= 4 is 5.91 Å². The van der Waals surface area contributed by atoms with E-state index in [9.17, 15) is 4.79 Å². The maximum atomic E-state index is 10.6. The van der Waals surface area contributed by atoms with Crippen LogP contribution in [0.5, 0.6) is 0 Å². The van der Waals surface area contributed by atoms with Crippen molar-refractivity contribution in [1.82, 2.24) is 10.2 Å². The van der Waals surface area contributed by atoms with E-state index in [2.05, 4.69) is 17.3 Å². The third-order valence-corrected chi connectivity index (χ3v) is 3.98. The molecule has 1 aliphatic rings. The molecule has 1 fully saturated rings. The Labute approximate surface area is 171 Å². The first-order valence-electron chi connectivity index (χ1n) is 10.5. The van der Waals surface area contributed by atoms with E-state index in [1.165, 1.54) is 6.92 Å². The highest BCUT2D eigenvalue weighted by Gasteiger charge is 2.16. The lowest BCUT2D eigenvalue weighted by Crippen LogP contribution is -2.34. The summed E-state index contributed by atoms with van der Waals surface area (Å²) >= 11 is 0. The third kappa shape index (κ3) is 18.6. The minimum atomic E-state index is -0.0456. The fourth-order valence-corrected chi connectivity index (χ4v) is 2.49. The molecule has 0 aromatic rings. The van der Waals surface area contributed by atoms with Gasteiger partial charge in [-0.15, -0.1) is 0 Å². The van der Waals surface area contributed by atoms with Crippen LogP contribution in [-0.2, 0) is 28.5 Å². The van der Waals surface area contributed by atoms with E-state index in [1.807, 2.05) is 13.8 Å². The molecule has 0 unspecified atom stereocenters. The number of carbonyl (C=O) groups is 1. The lowest BCUT2D eigenvalue weighted by Gasteiger charge is -2.28. The number of hydrogen-bond acceptors (Lipinski definition) is 7. The van der Waals surface area contributed by atoms with Gasteiger partial charge in [-0.25, -0.2) is 0 Å². The molecule has 0 atom stereocenters. The number of carbonyl (C=O) groups excluding carboxylic acids is 1. The highest BCUT2D eigenvalue weighted by atomic mass is 16.6. The summed E-state index contributed by atoms with van der Waals surface area (Å²) < 4.78 is 27.4. The molecule has 1 rings (SSSR count). The maximum Gasteiger partial charge on any atom is 0.216 e. The minimum absolute atomic E-state index is 0.0456. The number of hydrogen-bond donors (Lipinski definition) is 1. The summed E-state index contributed by atoms with van der Waals surface area (Å²) in [6.45, 7) is 13.3. The molecule has 8 heteroatoms. The molecule has 1 amide bonds. The van der Waals surface area contributed by atoms with Crippen molar-refractivity contribution in [1.29, 1.82) is 0 Å². The maximum absolute atomic E-state index is 10.6. The van der Waals surface area contributed by atoms with Gasteiger partial charge in [0.05, 0.1) is 65.6 Å². The van der Waals surface area contributed by atoms with Gasteiger partial charge in [0.25, 0.3) is 0 Å². The Bertz CT molecular complexity index is 339. The molecule has 0 aromatic heterocycles. The van der Waals surface area contributed by atoms with E-state index in [0.29, 0.717) is 72.1 Å². The second-order valence-corrected chi connectivity index (χ2v) is 6.31. The first kappa shape index (κ1) is 27.2. The number of rotatable bonds is 16. The molecule has 0 aromatic carbocycles. The Morgan fingerprint density at radius 2 is 1.25 bits per heavy atom. The quantitative estimate of drug-likeness (QED) is 0.387. The average molecular weight is 407 g/mol. The Hall–Kier alpha value is -0.770. The molecule has 1 saturated heterocycles. The smallest absolute Gasteiger partial charge is 0.216 e. The van der Waals surface area contributed by atoms with Gasteiger partial charge >= 0.3 is 0 Å². The fourth-order valence-electron chi connectivity index (χ4n) is 2.49. The zero-order valence-corrected chi connectivity index (χ0v) is 18.4. The molecule has 1 N–H and O–H groups in total. The highest BCUT2D eigenvalue weighted by molar-refractivity contribution is 5.72. The zero-order valence-electron chi connectivity index (χ0n) is 18.4. The van der Waals surface area contributed by atoms with Crippen LogP contribution >= 0.6 is 0 Å². The molecule has 0 radical (unpaired) electrons. The second kappa shape index (κ2) is 21.0. The van der Waals surface area contributed by atoms with Gasteiger partial charge in [-0.3, -0.25) is 4.79 Å². The second-order valence-electron chi connectivity index (χ2n) is 6.31. The van der Waals surface area contributed by atoms with E-state index in [0.717, 1.165) is 25.9 Å². The van der Waals surface area contributed by atoms with Gasteiger partial charge in [0.15, 0.2) is 0 Å². The number of ether oxygens (including phenoxy) is 5. The average Bonchev–Trinajstić information content (AvgIpc) is 2.70. The van der Waals surface area contributed by atoms with Crippen LogP contribution in [0.4, 0.5) is 0 Å². The SMILES string of the molecule is CC.CC(=O)NCCOCCOCCOCCOCCOC1CCN(C)CC1. The van der Waals surface area contributed by atoms with Crippen molar-refractivity contribution in [3.05, 3.63) is 0 Å². The third-order valence-electron chi connectivity index (χ3n) is 3.98. The molecular weight excluding hydrogens is 364 g/mol. The topological polar surface area (TPSA) is 78.5 Å². The zero-order chi connectivity index (χ0) is 20.9. The Kier molecular flexibility index (Phi) is 20.4. The molecule has 1 heterocycles. The summed E-state index contributed by atoms with van der Waals surface area (Å²) in [5, 5.41) is 2.66. The van der Waals surface area contributed by atoms with E-state index < -0.39 is 0 Å². The summed E-state index contributed by atoms with van der Waals surface area (Å²) in [5.74, 6) is -0.0456. The van der Waals surface area contributed by atoms with E-state index in [-0.39, 0.29) is 5.91 Å². The van der Waals surface area contributed by atoms with E-state index in [4.69, 9.17) is 23.7 Å². The van der Waals surface area contributed by atoms with Gasteiger partial charge in [0.2, 0.25) is 5.91 Å². The van der Waals surface area contributed by atoms with Crippen molar-refractivity contribution < 1.29 is 28.5 Å². The highest BCUT2D eigenvalue weighted by Crippen LogP contribution is 2.11. The molecule has 0 spiro atoms. The summed E-state index contributed by atoms with van der Waals surface area (Å²) in [4.78, 5) is 13.0. The van der Waals surface area contributed by atoms with Crippen LogP contribution in [0.1, 0.15) is 33.6 Å². The monoisotopic (exact) mass is 406 g/mol. The van der Waals surface area contributed by atoms with Gasteiger partial charge in [0, 0.05) is 26.6 Å². The molecule has 0 saturated carbocycles. The molecular formula is C20H42N2O6. The van der Waals surface area contributed by atoms with Crippen molar-refractivity contribution in [3.8, 4) is 0 Å². The van der Waals surface area contributed by atoms with Crippen LogP contribution in [0.2, 0.25) is 0 Å². The minimum Gasteiger partial charge on any atom is -0.377 e. The largest absolute Gasteiger partial charge is 0.377 e. The molecule has 8 nitrogen and oxygen atoms in total. The number of amides is 1. The molecule has 28 heavy (non-hydrogen) atoms.